The van der Waals surface area contributed by atoms with Crippen molar-refractivity contribution in [2.75, 3.05) is 11.3 Å². The van der Waals surface area contributed by atoms with Crippen molar-refractivity contribution in [3.8, 4) is 0 Å². The maximum Gasteiger partial charge on any atom is 0.299 e. The summed E-state index contributed by atoms with van der Waals surface area (Å²) in [5, 5.41) is 11.0. The molecule has 7 nitrogen and oxygen atoms in total. The molecule has 0 amide bonds. The Balaban J connectivity index is 2.02. The van der Waals surface area contributed by atoms with Crippen LogP contribution in [0.2, 0.25) is 0 Å². The molecule has 0 spiro atoms. The molecule has 122 valence electrons. The number of nitrogens with zero attached hydrogens (tertiary/aromatic N) is 1. The lowest BCUT2D eigenvalue weighted by atomic mass is 10.2. The fraction of sp³-hybridized carbons (Fsp3) is 0.200. The zero-order chi connectivity index (χ0) is 16.9. The minimum absolute atomic E-state index is 0.0622. The fourth-order valence-electron chi connectivity index (χ4n) is 2.03. The number of aryl methyl sites for hydroxylation is 1. The van der Waals surface area contributed by atoms with E-state index in [0.29, 0.717) is 12.0 Å². The Labute approximate surface area is 134 Å². The molecule has 0 unspecified atom stereocenters. The summed E-state index contributed by atoms with van der Waals surface area (Å²) < 4.78 is 28.6. The van der Waals surface area contributed by atoms with Gasteiger partial charge in [-0.05, 0) is 30.5 Å². The van der Waals surface area contributed by atoms with Gasteiger partial charge in [0.05, 0.1) is 4.92 Å². The van der Waals surface area contributed by atoms with Gasteiger partial charge in [-0.25, -0.2) is 0 Å². The molecular weight excluding hydrogens is 318 g/mol. The minimum atomic E-state index is -3.88. The van der Waals surface area contributed by atoms with Crippen LogP contribution in [0.3, 0.4) is 0 Å². The predicted molar refractivity (Wildman–Crippen MR) is 88.5 cm³/mol. The van der Waals surface area contributed by atoms with E-state index < -0.39 is 15.1 Å². The smallest absolute Gasteiger partial charge is 0.264 e. The Morgan fingerprint density at radius 2 is 1.83 bits per heavy atom. The molecule has 0 saturated heterocycles. The third kappa shape index (κ3) is 5.04. The molecule has 0 atom stereocenters. The standard InChI is InChI=1S/C15H17N3O4S/c1-12-7-8-14(15(11-12)18(19)20)17-23(21,22)16-10-9-13-5-3-2-4-6-13/h2-8,11,16-17H,9-10H2,1H3. The number of hydrogen-bond acceptors (Lipinski definition) is 4. The molecule has 0 radical (unpaired) electrons. The van der Waals surface area contributed by atoms with Crippen LogP contribution < -0.4 is 9.44 Å². The van der Waals surface area contributed by atoms with Crippen LogP contribution in [0.5, 0.6) is 0 Å². The maximum absolute atomic E-state index is 12.0. The Kier molecular flexibility index (Phi) is 5.30. The van der Waals surface area contributed by atoms with Gasteiger partial charge < -0.3 is 0 Å². The highest BCUT2D eigenvalue weighted by atomic mass is 32.2. The van der Waals surface area contributed by atoms with Crippen molar-refractivity contribution in [1.29, 1.82) is 0 Å². The van der Waals surface area contributed by atoms with Gasteiger partial charge in [0.2, 0.25) is 0 Å². The van der Waals surface area contributed by atoms with Gasteiger partial charge in [0.25, 0.3) is 15.9 Å². The summed E-state index contributed by atoms with van der Waals surface area (Å²) in [5.41, 5.74) is 1.33. The van der Waals surface area contributed by atoms with Crippen LogP contribution in [-0.4, -0.2) is 19.9 Å². The zero-order valence-corrected chi connectivity index (χ0v) is 13.3. The predicted octanol–water partition coefficient (Wildman–Crippen LogP) is 2.39. The van der Waals surface area contributed by atoms with E-state index in [1.165, 1.54) is 12.1 Å². The molecule has 23 heavy (non-hydrogen) atoms. The molecule has 0 saturated carbocycles. The van der Waals surface area contributed by atoms with Gasteiger partial charge in [-0.15, -0.1) is 0 Å². The summed E-state index contributed by atoms with van der Waals surface area (Å²) in [5.74, 6) is 0. The van der Waals surface area contributed by atoms with E-state index >= 15 is 0 Å². The molecule has 0 aliphatic heterocycles. The number of anilines is 1. The molecule has 2 aromatic rings. The number of nitro benzene ring substituents is 1. The van der Waals surface area contributed by atoms with E-state index in [0.717, 1.165) is 5.56 Å². The quantitative estimate of drug-likeness (QED) is 0.599. The van der Waals surface area contributed by atoms with Crippen LogP contribution in [0.15, 0.2) is 48.5 Å². The van der Waals surface area contributed by atoms with Crippen molar-refractivity contribution in [2.45, 2.75) is 13.3 Å². The van der Waals surface area contributed by atoms with Crippen molar-refractivity contribution in [3.05, 3.63) is 69.8 Å². The van der Waals surface area contributed by atoms with Gasteiger partial charge in [0.1, 0.15) is 5.69 Å². The summed E-state index contributed by atoms with van der Waals surface area (Å²) >= 11 is 0. The Hall–Kier alpha value is -2.45. The minimum Gasteiger partial charge on any atom is -0.264 e. The fourth-order valence-corrected chi connectivity index (χ4v) is 2.94. The largest absolute Gasteiger partial charge is 0.299 e. The highest BCUT2D eigenvalue weighted by molar-refractivity contribution is 7.90. The van der Waals surface area contributed by atoms with E-state index in [1.54, 1.807) is 13.0 Å². The van der Waals surface area contributed by atoms with Crippen LogP contribution in [0.1, 0.15) is 11.1 Å². The first kappa shape index (κ1) is 16.9. The van der Waals surface area contributed by atoms with E-state index in [-0.39, 0.29) is 17.9 Å². The van der Waals surface area contributed by atoms with Crippen LogP contribution >= 0.6 is 0 Å². The highest BCUT2D eigenvalue weighted by Crippen LogP contribution is 2.25. The lowest BCUT2D eigenvalue weighted by Crippen LogP contribution is -2.32. The monoisotopic (exact) mass is 335 g/mol. The van der Waals surface area contributed by atoms with Crippen molar-refractivity contribution in [1.82, 2.24) is 4.72 Å². The highest BCUT2D eigenvalue weighted by Gasteiger charge is 2.18. The number of rotatable bonds is 7. The molecule has 0 aromatic heterocycles. The van der Waals surface area contributed by atoms with Crippen molar-refractivity contribution < 1.29 is 13.3 Å². The first-order valence-electron chi connectivity index (χ1n) is 6.94. The van der Waals surface area contributed by atoms with E-state index in [1.807, 2.05) is 30.3 Å². The Morgan fingerprint density at radius 1 is 1.13 bits per heavy atom. The molecule has 0 heterocycles. The Bertz CT molecular complexity index is 792. The SMILES string of the molecule is Cc1ccc(NS(=O)(=O)NCCc2ccccc2)c([N+](=O)[O-])c1. The van der Waals surface area contributed by atoms with Gasteiger partial charge in [-0.1, -0.05) is 36.4 Å². The van der Waals surface area contributed by atoms with Gasteiger partial charge in [0.15, 0.2) is 0 Å². The van der Waals surface area contributed by atoms with E-state index in [2.05, 4.69) is 9.44 Å². The molecule has 2 N–H and O–H groups in total. The number of nitro groups is 1. The second-order valence-corrected chi connectivity index (χ2v) is 6.51. The van der Waals surface area contributed by atoms with Gasteiger partial charge in [-0.2, -0.15) is 13.1 Å². The maximum atomic E-state index is 12.0. The Morgan fingerprint density at radius 3 is 2.48 bits per heavy atom. The molecule has 0 bridgehead atoms. The summed E-state index contributed by atoms with van der Waals surface area (Å²) in [6, 6.07) is 13.7. The molecule has 2 aromatic carbocycles. The van der Waals surface area contributed by atoms with Crippen molar-refractivity contribution in [2.24, 2.45) is 0 Å². The normalized spacial score (nSPS) is 11.2. The lowest BCUT2D eigenvalue weighted by molar-refractivity contribution is -0.383. The third-order valence-electron chi connectivity index (χ3n) is 3.14. The summed E-state index contributed by atoms with van der Waals surface area (Å²) in [7, 11) is -3.88. The lowest BCUT2D eigenvalue weighted by Gasteiger charge is -2.10. The van der Waals surface area contributed by atoms with Crippen LogP contribution in [0, 0.1) is 17.0 Å². The van der Waals surface area contributed by atoms with Gasteiger partial charge in [-0.3, -0.25) is 14.8 Å². The number of benzene rings is 2. The summed E-state index contributed by atoms with van der Waals surface area (Å²) in [4.78, 5) is 10.4. The average molecular weight is 335 g/mol. The zero-order valence-electron chi connectivity index (χ0n) is 12.5. The van der Waals surface area contributed by atoms with Crippen molar-refractivity contribution in [3.63, 3.8) is 0 Å². The first-order chi connectivity index (χ1) is 10.9. The summed E-state index contributed by atoms with van der Waals surface area (Å²) in [6.07, 6.45) is 0.526. The van der Waals surface area contributed by atoms with E-state index in [4.69, 9.17) is 0 Å². The second kappa shape index (κ2) is 7.21. The van der Waals surface area contributed by atoms with E-state index in [9.17, 15) is 18.5 Å². The second-order valence-electron chi connectivity index (χ2n) is 5.01. The molecular formula is C15H17N3O4S. The topological polar surface area (TPSA) is 101 Å². The average Bonchev–Trinajstić information content (AvgIpc) is 2.49. The van der Waals surface area contributed by atoms with Crippen LogP contribution in [-0.2, 0) is 16.6 Å². The molecule has 0 fully saturated rings. The molecule has 0 aliphatic carbocycles. The third-order valence-corrected chi connectivity index (χ3v) is 4.22. The summed E-state index contributed by atoms with van der Waals surface area (Å²) in [6.45, 7) is 1.89. The van der Waals surface area contributed by atoms with Gasteiger partial charge >= 0.3 is 0 Å². The number of hydrogen-bond donors (Lipinski definition) is 2. The van der Waals surface area contributed by atoms with Gasteiger partial charge in [0, 0.05) is 12.6 Å². The molecule has 8 heteroatoms. The molecule has 0 aliphatic rings. The molecule has 2 rings (SSSR count). The van der Waals surface area contributed by atoms with Crippen molar-refractivity contribution >= 4 is 21.6 Å². The van der Waals surface area contributed by atoms with Crippen LogP contribution in [0.4, 0.5) is 11.4 Å². The van der Waals surface area contributed by atoms with Crippen LogP contribution in [0.25, 0.3) is 0 Å². The number of nitrogens with one attached hydrogen (secondary N) is 2. The first-order valence-corrected chi connectivity index (χ1v) is 8.42.